The van der Waals surface area contributed by atoms with Crippen molar-refractivity contribution in [1.29, 1.82) is 0 Å². The van der Waals surface area contributed by atoms with Gasteiger partial charge in [0.1, 0.15) is 11.8 Å². The van der Waals surface area contributed by atoms with Gasteiger partial charge in [0.25, 0.3) is 0 Å². The van der Waals surface area contributed by atoms with Crippen molar-refractivity contribution in [3.63, 3.8) is 0 Å². The molecule has 4 unspecified atom stereocenters. The van der Waals surface area contributed by atoms with E-state index in [9.17, 15) is 9.59 Å². The van der Waals surface area contributed by atoms with Crippen molar-refractivity contribution in [3.8, 4) is 5.75 Å². The number of nitrogens with one attached hydrogen (secondary N) is 3. The molecule has 0 saturated carbocycles. The van der Waals surface area contributed by atoms with Crippen molar-refractivity contribution in [2.75, 3.05) is 20.2 Å². The second kappa shape index (κ2) is 11.5. The first-order chi connectivity index (χ1) is 19.6. The SMILES string of the molecule is COc1ccc(CC2CC(C(=O)NCc3cc4ccncc4[nH]3)N(C(=O)C3CC(c4ccccc4)CN3)C2)cc1. The number of carbonyl (C=O) groups excluding carboxylic acids is 2. The van der Waals surface area contributed by atoms with Crippen molar-refractivity contribution in [2.45, 2.75) is 43.8 Å². The number of aromatic amines is 1. The predicted octanol–water partition coefficient (Wildman–Crippen LogP) is 3.79. The summed E-state index contributed by atoms with van der Waals surface area (Å²) in [6.07, 6.45) is 5.70. The number of benzene rings is 2. The molecule has 2 fully saturated rings. The van der Waals surface area contributed by atoms with Crippen LogP contribution in [0.1, 0.15) is 35.6 Å². The molecular weight excluding hydrogens is 502 g/mol. The van der Waals surface area contributed by atoms with E-state index < -0.39 is 6.04 Å². The van der Waals surface area contributed by atoms with Crippen molar-refractivity contribution in [1.82, 2.24) is 25.5 Å². The van der Waals surface area contributed by atoms with Gasteiger partial charge in [0, 0.05) is 30.4 Å². The lowest BCUT2D eigenvalue weighted by molar-refractivity contribution is -0.139. The highest BCUT2D eigenvalue weighted by atomic mass is 16.5. The largest absolute Gasteiger partial charge is 0.497 e. The quantitative estimate of drug-likeness (QED) is 0.318. The zero-order valence-electron chi connectivity index (χ0n) is 22.7. The van der Waals surface area contributed by atoms with Crippen LogP contribution >= 0.6 is 0 Å². The Labute approximate surface area is 234 Å². The Morgan fingerprint density at radius 2 is 1.90 bits per heavy atom. The van der Waals surface area contributed by atoms with Gasteiger partial charge in [-0.15, -0.1) is 0 Å². The maximum Gasteiger partial charge on any atom is 0.243 e. The number of likely N-dealkylation sites (tertiary alicyclic amines) is 1. The van der Waals surface area contributed by atoms with Gasteiger partial charge in [-0.1, -0.05) is 42.5 Å². The zero-order valence-corrected chi connectivity index (χ0v) is 22.7. The van der Waals surface area contributed by atoms with Gasteiger partial charge >= 0.3 is 0 Å². The lowest BCUT2D eigenvalue weighted by atomic mass is 9.96. The van der Waals surface area contributed by atoms with Gasteiger partial charge in [-0.2, -0.15) is 0 Å². The second-order valence-electron chi connectivity index (χ2n) is 10.9. The minimum absolute atomic E-state index is 0.0208. The Morgan fingerprint density at radius 1 is 1.07 bits per heavy atom. The first-order valence-corrected chi connectivity index (χ1v) is 14.0. The van der Waals surface area contributed by atoms with E-state index in [2.05, 4.69) is 44.9 Å². The molecule has 2 saturated heterocycles. The van der Waals surface area contributed by atoms with Crippen LogP contribution in [0.5, 0.6) is 5.75 Å². The molecule has 2 aromatic carbocycles. The molecule has 2 aromatic heterocycles. The molecule has 0 spiro atoms. The molecule has 8 nitrogen and oxygen atoms in total. The van der Waals surface area contributed by atoms with Crippen LogP contribution in [0.15, 0.2) is 79.1 Å². The predicted molar refractivity (Wildman–Crippen MR) is 154 cm³/mol. The van der Waals surface area contributed by atoms with Crippen molar-refractivity contribution in [2.24, 2.45) is 5.92 Å². The summed E-state index contributed by atoms with van der Waals surface area (Å²) in [6, 6.07) is 21.5. The molecule has 4 atom stereocenters. The summed E-state index contributed by atoms with van der Waals surface area (Å²) in [7, 11) is 1.66. The number of methoxy groups -OCH3 is 1. The Kier molecular flexibility index (Phi) is 7.51. The smallest absolute Gasteiger partial charge is 0.243 e. The lowest BCUT2D eigenvalue weighted by Gasteiger charge is -2.27. The number of carbonyl (C=O) groups is 2. The van der Waals surface area contributed by atoms with Crippen molar-refractivity contribution in [3.05, 3.63) is 95.9 Å². The molecule has 0 aliphatic carbocycles. The third kappa shape index (κ3) is 5.58. The first-order valence-electron chi connectivity index (χ1n) is 14.0. The molecule has 6 rings (SSSR count). The summed E-state index contributed by atoms with van der Waals surface area (Å²) < 4.78 is 5.30. The summed E-state index contributed by atoms with van der Waals surface area (Å²) in [5, 5.41) is 7.59. The van der Waals surface area contributed by atoms with E-state index >= 15 is 0 Å². The van der Waals surface area contributed by atoms with Crippen LogP contribution in [0.4, 0.5) is 0 Å². The fraction of sp³-hybridized carbons (Fsp3) is 0.344. The van der Waals surface area contributed by atoms with E-state index in [1.165, 1.54) is 11.1 Å². The standard InChI is InChI=1S/C32H35N5O3/c1-40-27-9-7-21(8-10-27)13-22-14-30(31(38)35-18-26-15-24-11-12-33-19-29(24)36-26)37(20-22)32(39)28-16-25(17-34-28)23-5-3-2-4-6-23/h2-12,15,19,22,25,28,30,34,36H,13-14,16-18,20H2,1H3,(H,35,38). The highest BCUT2D eigenvalue weighted by Crippen LogP contribution is 2.31. The highest BCUT2D eigenvalue weighted by molar-refractivity contribution is 5.91. The summed E-state index contributed by atoms with van der Waals surface area (Å²) in [5.74, 6) is 1.21. The summed E-state index contributed by atoms with van der Waals surface area (Å²) in [4.78, 5) is 36.7. The molecule has 40 heavy (non-hydrogen) atoms. The van der Waals surface area contributed by atoms with Gasteiger partial charge in [-0.3, -0.25) is 14.6 Å². The van der Waals surface area contributed by atoms with Crippen LogP contribution in [-0.2, 0) is 22.6 Å². The molecular formula is C32H35N5O3. The van der Waals surface area contributed by atoms with Gasteiger partial charge in [-0.25, -0.2) is 0 Å². The van der Waals surface area contributed by atoms with E-state index in [0.29, 0.717) is 19.5 Å². The zero-order chi connectivity index (χ0) is 27.5. The van der Waals surface area contributed by atoms with E-state index in [0.717, 1.165) is 41.7 Å². The fourth-order valence-corrected chi connectivity index (χ4v) is 6.19. The molecule has 2 amide bonds. The summed E-state index contributed by atoms with van der Waals surface area (Å²) >= 11 is 0. The third-order valence-corrected chi connectivity index (χ3v) is 8.29. The number of hydrogen-bond donors (Lipinski definition) is 3. The Bertz CT molecular complexity index is 1440. The Morgan fingerprint density at radius 3 is 2.67 bits per heavy atom. The number of pyridine rings is 1. The maximum atomic E-state index is 13.9. The van der Waals surface area contributed by atoms with Gasteiger partial charge in [0.15, 0.2) is 0 Å². The minimum atomic E-state index is -0.501. The highest BCUT2D eigenvalue weighted by Gasteiger charge is 2.43. The minimum Gasteiger partial charge on any atom is -0.497 e. The van der Waals surface area contributed by atoms with Crippen LogP contribution in [0.2, 0.25) is 0 Å². The van der Waals surface area contributed by atoms with Crippen LogP contribution in [-0.4, -0.2) is 59.0 Å². The number of nitrogens with zero attached hydrogens (tertiary/aromatic N) is 2. The summed E-state index contributed by atoms with van der Waals surface area (Å²) in [6.45, 7) is 1.69. The molecule has 8 heteroatoms. The molecule has 2 aliphatic rings. The number of rotatable bonds is 8. The van der Waals surface area contributed by atoms with E-state index in [4.69, 9.17) is 4.74 Å². The van der Waals surface area contributed by atoms with Crippen molar-refractivity contribution < 1.29 is 14.3 Å². The Balaban J connectivity index is 1.16. The second-order valence-corrected chi connectivity index (χ2v) is 10.9. The van der Waals surface area contributed by atoms with Gasteiger partial charge in [0.2, 0.25) is 11.8 Å². The molecule has 4 heterocycles. The number of fused-ring (bicyclic) bond motifs is 1. The maximum absolute atomic E-state index is 13.9. The average Bonchev–Trinajstić information content (AvgIpc) is 3.75. The fourth-order valence-electron chi connectivity index (χ4n) is 6.19. The molecule has 0 bridgehead atoms. The van der Waals surface area contributed by atoms with Crippen LogP contribution in [0, 0.1) is 5.92 Å². The van der Waals surface area contributed by atoms with E-state index in [-0.39, 0.29) is 29.7 Å². The Hall–Kier alpha value is -4.17. The normalized spacial score (nSPS) is 22.5. The average molecular weight is 538 g/mol. The molecule has 3 N–H and O–H groups in total. The molecule has 206 valence electrons. The van der Waals surface area contributed by atoms with Crippen LogP contribution in [0.25, 0.3) is 10.9 Å². The number of hydrogen-bond acceptors (Lipinski definition) is 5. The van der Waals surface area contributed by atoms with E-state index in [1.54, 1.807) is 19.5 Å². The number of ether oxygens (including phenoxy) is 1. The third-order valence-electron chi connectivity index (χ3n) is 8.29. The van der Waals surface area contributed by atoms with Gasteiger partial charge in [0.05, 0.1) is 31.4 Å². The van der Waals surface area contributed by atoms with Gasteiger partial charge in [-0.05, 0) is 66.5 Å². The van der Waals surface area contributed by atoms with E-state index in [1.807, 2.05) is 47.4 Å². The summed E-state index contributed by atoms with van der Waals surface area (Å²) in [5.41, 5.74) is 4.26. The number of H-pyrrole nitrogens is 1. The first kappa shape index (κ1) is 26.1. The van der Waals surface area contributed by atoms with Crippen LogP contribution in [0.3, 0.4) is 0 Å². The molecule has 0 radical (unpaired) electrons. The molecule has 2 aliphatic heterocycles. The number of aromatic nitrogens is 2. The number of amides is 2. The lowest BCUT2D eigenvalue weighted by Crippen LogP contribution is -2.51. The monoisotopic (exact) mass is 537 g/mol. The van der Waals surface area contributed by atoms with Gasteiger partial charge < -0.3 is 25.3 Å². The van der Waals surface area contributed by atoms with Crippen molar-refractivity contribution >= 4 is 22.7 Å². The topological polar surface area (TPSA) is 99.3 Å². The van der Waals surface area contributed by atoms with Crippen LogP contribution < -0.4 is 15.4 Å². The molecule has 4 aromatic rings.